The van der Waals surface area contributed by atoms with Crippen molar-refractivity contribution in [1.82, 2.24) is 14.5 Å². The molecule has 158 valence electrons. The summed E-state index contributed by atoms with van der Waals surface area (Å²) in [6.07, 6.45) is 0.473. The Morgan fingerprint density at radius 2 is 1.93 bits per heavy atom. The first-order valence-electron chi connectivity index (χ1n) is 9.21. The predicted molar refractivity (Wildman–Crippen MR) is 111 cm³/mol. The Morgan fingerprint density at radius 3 is 2.50 bits per heavy atom. The second kappa shape index (κ2) is 9.24. The molecule has 0 spiro atoms. The number of primary amides is 1. The van der Waals surface area contributed by atoms with E-state index in [-0.39, 0.29) is 16.8 Å². The van der Waals surface area contributed by atoms with E-state index >= 15 is 0 Å². The molecule has 0 saturated carbocycles. The van der Waals surface area contributed by atoms with Crippen molar-refractivity contribution < 1.29 is 24.5 Å². The molecule has 0 unspecified atom stereocenters. The third kappa shape index (κ3) is 4.30. The van der Waals surface area contributed by atoms with Gasteiger partial charge in [-0.05, 0) is 18.2 Å². The second-order valence-corrected chi connectivity index (χ2v) is 7.22. The number of carbonyl (C=O) groups excluding carboxylic acids is 2. The Kier molecular flexibility index (Phi) is 6.70. The van der Waals surface area contributed by atoms with Crippen molar-refractivity contribution in [3.05, 3.63) is 47.2 Å². The number of aliphatic hydroxyl groups excluding tert-OH is 1. The number of benzene rings is 1. The number of thioether (sulfide) groups is 1. The fourth-order valence-corrected chi connectivity index (χ4v) is 3.60. The molecular formula is C20H22N4O5S. The topological polar surface area (TPSA) is 141 Å². The van der Waals surface area contributed by atoms with Crippen LogP contribution >= 0.6 is 11.8 Å². The Morgan fingerprint density at radius 1 is 1.23 bits per heavy atom. The zero-order valence-corrected chi connectivity index (χ0v) is 17.3. The average Bonchev–Trinajstić information content (AvgIpc) is 3.05. The minimum absolute atomic E-state index is 0.0106. The molecule has 0 atom stereocenters. The zero-order valence-electron chi connectivity index (χ0n) is 16.5. The van der Waals surface area contributed by atoms with Gasteiger partial charge in [0.2, 0.25) is 5.88 Å². The summed E-state index contributed by atoms with van der Waals surface area (Å²) in [4.78, 5) is 33.4. The number of ketones is 1. The molecule has 0 radical (unpaired) electrons. The van der Waals surface area contributed by atoms with Gasteiger partial charge in [-0.1, -0.05) is 49.0 Å². The Labute approximate surface area is 176 Å². The van der Waals surface area contributed by atoms with Crippen molar-refractivity contribution in [3.63, 3.8) is 0 Å². The van der Waals surface area contributed by atoms with E-state index in [0.717, 1.165) is 5.56 Å². The van der Waals surface area contributed by atoms with Crippen LogP contribution in [0.3, 0.4) is 0 Å². The van der Waals surface area contributed by atoms with Crippen molar-refractivity contribution in [1.29, 1.82) is 0 Å². The van der Waals surface area contributed by atoms with Crippen LogP contribution in [0.25, 0.3) is 11.0 Å². The molecule has 0 fully saturated rings. The number of aliphatic hydroxyl groups is 2. The Hall–Kier alpha value is -2.95. The minimum atomic E-state index is -1.74. The maximum absolute atomic E-state index is 12.7. The highest BCUT2D eigenvalue weighted by molar-refractivity contribution is 7.98. The van der Waals surface area contributed by atoms with E-state index in [1.165, 1.54) is 11.8 Å². The molecule has 2 aromatic heterocycles. The SMILES string of the molecule is CCc1c(C(=O)C(N)=O)c2c(OCC(O)O)nc(SC)nc2n1Cc1ccccc1. The molecule has 0 aliphatic carbocycles. The fraction of sp³-hybridized carbons (Fsp3) is 0.300. The first-order valence-corrected chi connectivity index (χ1v) is 10.4. The highest BCUT2D eigenvalue weighted by Crippen LogP contribution is 2.34. The van der Waals surface area contributed by atoms with Crippen LogP contribution in [0.2, 0.25) is 0 Å². The smallest absolute Gasteiger partial charge is 0.289 e. The molecule has 1 amide bonds. The molecule has 9 nitrogen and oxygen atoms in total. The summed E-state index contributed by atoms with van der Waals surface area (Å²) < 4.78 is 7.31. The summed E-state index contributed by atoms with van der Waals surface area (Å²) in [5.74, 6) is -1.99. The molecule has 0 aliphatic heterocycles. The Bertz CT molecular complexity index is 1080. The summed E-state index contributed by atoms with van der Waals surface area (Å²) in [6.45, 7) is 1.79. The molecule has 3 aromatic rings. The highest BCUT2D eigenvalue weighted by atomic mass is 32.2. The first kappa shape index (κ1) is 21.8. The fourth-order valence-electron chi connectivity index (χ4n) is 3.25. The van der Waals surface area contributed by atoms with E-state index in [9.17, 15) is 19.8 Å². The number of Topliss-reactive ketones (excluding diaryl/α,β-unsaturated/α-hetero) is 1. The van der Waals surface area contributed by atoms with Gasteiger partial charge in [-0.15, -0.1) is 0 Å². The number of hydrogen-bond donors (Lipinski definition) is 3. The summed E-state index contributed by atoms with van der Waals surface area (Å²) in [6, 6.07) is 9.59. The monoisotopic (exact) mass is 430 g/mol. The number of rotatable bonds is 9. The number of ether oxygens (including phenoxy) is 1. The number of aromatic nitrogens is 3. The van der Waals surface area contributed by atoms with Gasteiger partial charge in [0.05, 0.1) is 10.9 Å². The molecule has 0 saturated heterocycles. The van der Waals surface area contributed by atoms with E-state index in [1.807, 2.05) is 41.8 Å². The van der Waals surface area contributed by atoms with Crippen LogP contribution in [0, 0.1) is 0 Å². The lowest BCUT2D eigenvalue weighted by atomic mass is 10.1. The number of hydrogen-bond acceptors (Lipinski definition) is 8. The van der Waals surface area contributed by atoms with Crippen molar-refractivity contribution in [2.45, 2.75) is 31.3 Å². The van der Waals surface area contributed by atoms with Crippen molar-refractivity contribution in [2.75, 3.05) is 12.9 Å². The van der Waals surface area contributed by atoms with Crippen LogP contribution in [0.5, 0.6) is 5.88 Å². The predicted octanol–water partition coefficient (Wildman–Crippen LogP) is 1.12. The molecule has 0 aliphatic rings. The Balaban J connectivity index is 2.34. The maximum Gasteiger partial charge on any atom is 0.289 e. The van der Waals surface area contributed by atoms with E-state index in [4.69, 9.17) is 10.5 Å². The average molecular weight is 430 g/mol. The molecule has 3 rings (SSSR count). The molecule has 4 N–H and O–H groups in total. The van der Waals surface area contributed by atoms with Gasteiger partial charge in [-0.25, -0.2) is 4.98 Å². The zero-order chi connectivity index (χ0) is 21.8. The first-order chi connectivity index (χ1) is 14.4. The van der Waals surface area contributed by atoms with Gasteiger partial charge in [-0.3, -0.25) is 9.59 Å². The maximum atomic E-state index is 12.7. The van der Waals surface area contributed by atoms with E-state index in [0.29, 0.717) is 29.5 Å². The molecule has 10 heteroatoms. The van der Waals surface area contributed by atoms with Gasteiger partial charge in [-0.2, -0.15) is 4.98 Å². The van der Waals surface area contributed by atoms with Crippen LogP contribution in [0.15, 0.2) is 35.5 Å². The van der Waals surface area contributed by atoms with Gasteiger partial charge in [0.15, 0.2) is 11.4 Å². The van der Waals surface area contributed by atoms with Crippen LogP contribution in [-0.2, 0) is 17.8 Å². The van der Waals surface area contributed by atoms with E-state index in [1.54, 1.807) is 6.26 Å². The third-order valence-corrected chi connectivity index (χ3v) is 5.02. The second-order valence-electron chi connectivity index (χ2n) is 6.45. The minimum Gasteiger partial charge on any atom is -0.472 e. The lowest BCUT2D eigenvalue weighted by Gasteiger charge is -2.11. The summed E-state index contributed by atoms with van der Waals surface area (Å²) >= 11 is 1.27. The van der Waals surface area contributed by atoms with Crippen LogP contribution in [0.4, 0.5) is 0 Å². The molecule has 1 aromatic carbocycles. The number of carbonyl (C=O) groups is 2. The third-order valence-electron chi connectivity index (χ3n) is 4.48. The van der Waals surface area contributed by atoms with Crippen molar-refractivity contribution in [3.8, 4) is 5.88 Å². The van der Waals surface area contributed by atoms with Crippen molar-refractivity contribution >= 4 is 34.5 Å². The van der Waals surface area contributed by atoms with Gasteiger partial charge in [0.25, 0.3) is 11.7 Å². The summed E-state index contributed by atoms with van der Waals surface area (Å²) in [7, 11) is 0. The molecule has 2 heterocycles. The molecule has 30 heavy (non-hydrogen) atoms. The molecular weight excluding hydrogens is 408 g/mol. The summed E-state index contributed by atoms with van der Waals surface area (Å²) in [5.41, 5.74) is 7.33. The lowest BCUT2D eigenvalue weighted by molar-refractivity contribution is -0.114. The van der Waals surface area contributed by atoms with Gasteiger partial charge < -0.3 is 25.3 Å². The number of fused-ring (bicyclic) bond motifs is 1. The number of nitrogens with two attached hydrogens (primary N) is 1. The summed E-state index contributed by atoms with van der Waals surface area (Å²) in [5, 5.41) is 19.0. The van der Waals surface area contributed by atoms with E-state index in [2.05, 4.69) is 9.97 Å². The number of nitrogens with zero attached hydrogens (tertiary/aromatic N) is 3. The molecule has 0 bridgehead atoms. The van der Waals surface area contributed by atoms with Crippen LogP contribution in [-0.4, -0.2) is 55.6 Å². The highest BCUT2D eigenvalue weighted by Gasteiger charge is 2.29. The van der Waals surface area contributed by atoms with Gasteiger partial charge in [0.1, 0.15) is 12.3 Å². The van der Waals surface area contributed by atoms with Crippen molar-refractivity contribution in [2.24, 2.45) is 5.73 Å². The van der Waals surface area contributed by atoms with Crippen LogP contribution < -0.4 is 10.5 Å². The quantitative estimate of drug-likeness (QED) is 0.151. The standard InChI is InChI=1S/C20H22N4O5S/c1-3-12-14(16(27)17(21)28)15-18(24(12)9-11-7-5-4-6-8-11)22-20(30-2)23-19(15)29-10-13(25)26/h4-8,13,25-26H,3,9-10H2,1-2H3,(H2,21,28). The van der Waals surface area contributed by atoms with Crippen LogP contribution in [0.1, 0.15) is 28.5 Å². The van der Waals surface area contributed by atoms with Gasteiger partial charge >= 0.3 is 0 Å². The van der Waals surface area contributed by atoms with E-state index < -0.39 is 24.6 Å². The number of amides is 1. The lowest BCUT2D eigenvalue weighted by Crippen LogP contribution is -2.24. The largest absolute Gasteiger partial charge is 0.472 e. The normalized spacial score (nSPS) is 11.2. The van der Waals surface area contributed by atoms with Gasteiger partial charge in [0, 0.05) is 12.2 Å².